The van der Waals surface area contributed by atoms with Gasteiger partial charge in [-0.25, -0.2) is 0 Å². The van der Waals surface area contributed by atoms with Gasteiger partial charge in [0.25, 0.3) is 0 Å². The fraction of sp³-hybridized carbons (Fsp3) is 0.909. The van der Waals surface area contributed by atoms with E-state index in [1.54, 1.807) is 6.26 Å². The number of carbonyl (C=O) groups is 1. The number of nitrogens with one attached hydrogen (secondary N) is 1. The molecule has 1 aliphatic heterocycles. The van der Waals surface area contributed by atoms with E-state index in [0.29, 0.717) is 5.75 Å². The molecule has 4 nitrogen and oxygen atoms in total. The van der Waals surface area contributed by atoms with Crippen molar-refractivity contribution in [2.75, 3.05) is 25.1 Å². The number of likely N-dealkylation sites (tertiary alicyclic amines) is 1. The van der Waals surface area contributed by atoms with Gasteiger partial charge >= 0.3 is 0 Å². The molecule has 0 aliphatic carbocycles. The maximum absolute atomic E-state index is 12.1. The summed E-state index contributed by atoms with van der Waals surface area (Å²) < 4.78 is 11.2. The van der Waals surface area contributed by atoms with E-state index in [1.807, 2.05) is 18.7 Å². The number of nitrogens with zero attached hydrogens (tertiary/aromatic N) is 1. The van der Waals surface area contributed by atoms with Gasteiger partial charge in [0, 0.05) is 35.4 Å². The molecule has 1 rings (SSSR count). The highest BCUT2D eigenvalue weighted by Gasteiger charge is 2.30. The predicted octanol–water partition coefficient (Wildman–Crippen LogP) is 0.354. The molecule has 5 heteroatoms. The molecule has 0 saturated carbocycles. The van der Waals surface area contributed by atoms with Crippen molar-refractivity contribution in [2.24, 2.45) is 0 Å². The van der Waals surface area contributed by atoms with Crippen LogP contribution < -0.4 is 5.32 Å². The number of hydrogen-bond acceptors (Lipinski definition) is 3. The lowest BCUT2D eigenvalue weighted by atomic mass is 10.0. The smallest absolute Gasteiger partial charge is 0.239 e. The number of hydrogen-bond donors (Lipinski definition) is 1. The monoisotopic (exact) mass is 246 g/mol. The van der Waals surface area contributed by atoms with Crippen LogP contribution in [-0.4, -0.2) is 52.2 Å². The lowest BCUT2D eigenvalue weighted by molar-refractivity contribution is -0.137. The maximum Gasteiger partial charge on any atom is 0.239 e. The van der Waals surface area contributed by atoms with E-state index in [1.165, 1.54) is 0 Å². The number of likely N-dealkylation sites (N-methyl/N-ethyl adjacent to an activating group) is 1. The van der Waals surface area contributed by atoms with Crippen molar-refractivity contribution in [1.29, 1.82) is 0 Å². The summed E-state index contributed by atoms with van der Waals surface area (Å²) in [5.41, 5.74) is 0. The highest BCUT2D eigenvalue weighted by molar-refractivity contribution is 7.84. The third-order valence-corrected chi connectivity index (χ3v) is 3.88. The molecule has 94 valence electrons. The molecule has 1 saturated heterocycles. The fourth-order valence-electron chi connectivity index (χ4n) is 2.20. The van der Waals surface area contributed by atoms with Gasteiger partial charge in [-0.2, -0.15) is 0 Å². The van der Waals surface area contributed by atoms with Gasteiger partial charge in [0.2, 0.25) is 5.91 Å². The van der Waals surface area contributed by atoms with E-state index in [4.69, 9.17) is 0 Å². The van der Waals surface area contributed by atoms with Gasteiger partial charge in [-0.1, -0.05) is 6.92 Å². The van der Waals surface area contributed by atoms with Gasteiger partial charge in [0.05, 0.1) is 6.04 Å². The summed E-state index contributed by atoms with van der Waals surface area (Å²) in [5.74, 6) is 0.746. The van der Waals surface area contributed by atoms with Crippen LogP contribution in [0.1, 0.15) is 26.7 Å². The Labute approximate surface area is 100 Å². The molecule has 1 heterocycles. The molecule has 0 spiro atoms. The van der Waals surface area contributed by atoms with Crippen molar-refractivity contribution in [3.8, 4) is 0 Å². The van der Waals surface area contributed by atoms with Gasteiger partial charge < -0.3 is 10.2 Å². The summed E-state index contributed by atoms with van der Waals surface area (Å²) in [6.45, 7) is 5.61. The van der Waals surface area contributed by atoms with Gasteiger partial charge in [-0.3, -0.25) is 9.00 Å². The second-order valence-corrected chi connectivity index (χ2v) is 5.85. The topological polar surface area (TPSA) is 49.4 Å². The molecule has 1 fully saturated rings. The molecule has 1 amide bonds. The van der Waals surface area contributed by atoms with Crippen molar-refractivity contribution in [3.05, 3.63) is 0 Å². The molecular weight excluding hydrogens is 224 g/mol. The van der Waals surface area contributed by atoms with Crippen LogP contribution in [0.25, 0.3) is 0 Å². The van der Waals surface area contributed by atoms with Gasteiger partial charge in [0.15, 0.2) is 0 Å². The standard InChI is InChI=1S/C11H22N2O2S/c1-4-12-10-6-5-7-13(11(10)14)9(2)8-16(3)15/h9-10,12H,4-8H2,1-3H3. The minimum absolute atomic E-state index is 0.0357. The van der Waals surface area contributed by atoms with Gasteiger partial charge in [-0.15, -0.1) is 0 Å². The Hall–Kier alpha value is -0.420. The summed E-state index contributed by atoms with van der Waals surface area (Å²) in [7, 11) is -0.842. The van der Waals surface area contributed by atoms with Crippen LogP contribution in [0.15, 0.2) is 0 Å². The molecular formula is C11H22N2O2S. The van der Waals surface area contributed by atoms with Crippen LogP contribution in [-0.2, 0) is 15.6 Å². The zero-order valence-corrected chi connectivity index (χ0v) is 11.2. The highest BCUT2D eigenvalue weighted by atomic mass is 32.2. The van der Waals surface area contributed by atoms with Crippen LogP contribution in [0.4, 0.5) is 0 Å². The average molecular weight is 246 g/mol. The predicted molar refractivity (Wildman–Crippen MR) is 66.8 cm³/mol. The number of carbonyl (C=O) groups excluding carboxylic acids is 1. The summed E-state index contributed by atoms with van der Waals surface area (Å²) in [6.07, 6.45) is 3.64. The van der Waals surface area contributed by atoms with Crippen molar-refractivity contribution >= 4 is 16.7 Å². The largest absolute Gasteiger partial charge is 0.338 e. The van der Waals surface area contributed by atoms with E-state index >= 15 is 0 Å². The van der Waals surface area contributed by atoms with Gasteiger partial charge in [-0.05, 0) is 26.3 Å². The van der Waals surface area contributed by atoms with E-state index in [0.717, 1.165) is 25.9 Å². The third-order valence-electron chi connectivity index (χ3n) is 2.93. The van der Waals surface area contributed by atoms with Crippen molar-refractivity contribution in [2.45, 2.75) is 38.8 Å². The SMILES string of the molecule is CCNC1CCCN(C(C)CS(C)=O)C1=O. The molecule has 0 radical (unpaired) electrons. The summed E-state index contributed by atoms with van der Waals surface area (Å²) in [4.78, 5) is 14.0. The minimum atomic E-state index is -0.842. The normalized spacial score (nSPS) is 25.6. The van der Waals surface area contributed by atoms with E-state index in [9.17, 15) is 9.00 Å². The van der Waals surface area contributed by atoms with Gasteiger partial charge in [0.1, 0.15) is 0 Å². The molecule has 0 aromatic rings. The van der Waals surface area contributed by atoms with Crippen molar-refractivity contribution in [3.63, 3.8) is 0 Å². The van der Waals surface area contributed by atoms with Crippen LogP contribution in [0, 0.1) is 0 Å². The first-order chi connectivity index (χ1) is 7.56. The number of amides is 1. The molecule has 1 N–H and O–H groups in total. The zero-order chi connectivity index (χ0) is 12.1. The molecule has 3 unspecified atom stereocenters. The Morgan fingerprint density at radius 2 is 2.31 bits per heavy atom. The minimum Gasteiger partial charge on any atom is -0.338 e. The second-order valence-electron chi connectivity index (χ2n) is 4.37. The first-order valence-electron chi connectivity index (χ1n) is 5.90. The lowest BCUT2D eigenvalue weighted by Gasteiger charge is -2.36. The van der Waals surface area contributed by atoms with Crippen molar-refractivity contribution < 1.29 is 9.00 Å². The number of rotatable bonds is 5. The second kappa shape index (κ2) is 6.35. The lowest BCUT2D eigenvalue weighted by Crippen LogP contribution is -2.54. The van der Waals surface area contributed by atoms with Crippen LogP contribution in [0.3, 0.4) is 0 Å². The quantitative estimate of drug-likeness (QED) is 0.762. The number of piperidine rings is 1. The average Bonchev–Trinajstić information content (AvgIpc) is 2.20. The van der Waals surface area contributed by atoms with E-state index in [2.05, 4.69) is 5.32 Å². The molecule has 1 aliphatic rings. The van der Waals surface area contributed by atoms with Crippen LogP contribution in [0.2, 0.25) is 0 Å². The molecule has 0 aromatic heterocycles. The highest BCUT2D eigenvalue weighted by Crippen LogP contribution is 2.15. The maximum atomic E-state index is 12.1. The zero-order valence-electron chi connectivity index (χ0n) is 10.4. The Balaban J connectivity index is 2.58. The molecule has 0 bridgehead atoms. The first kappa shape index (κ1) is 13.6. The van der Waals surface area contributed by atoms with Crippen LogP contribution in [0.5, 0.6) is 0 Å². The molecule has 3 atom stereocenters. The summed E-state index contributed by atoms with van der Waals surface area (Å²) >= 11 is 0. The fourth-order valence-corrected chi connectivity index (χ4v) is 3.06. The molecule has 0 aromatic carbocycles. The Kier molecular flexibility index (Phi) is 5.41. The molecule has 16 heavy (non-hydrogen) atoms. The van der Waals surface area contributed by atoms with Crippen LogP contribution >= 0.6 is 0 Å². The van der Waals surface area contributed by atoms with E-state index < -0.39 is 10.8 Å². The Morgan fingerprint density at radius 1 is 1.62 bits per heavy atom. The Morgan fingerprint density at radius 3 is 2.88 bits per heavy atom. The summed E-state index contributed by atoms with van der Waals surface area (Å²) in [5, 5.41) is 3.21. The van der Waals surface area contributed by atoms with E-state index in [-0.39, 0.29) is 18.0 Å². The van der Waals surface area contributed by atoms with Crippen molar-refractivity contribution in [1.82, 2.24) is 10.2 Å². The summed E-state index contributed by atoms with van der Waals surface area (Å²) in [6, 6.07) is 0.0475. The third kappa shape index (κ3) is 3.56. The Bertz CT molecular complexity index is 269. The first-order valence-corrected chi connectivity index (χ1v) is 7.62.